The summed E-state index contributed by atoms with van der Waals surface area (Å²) in [6.07, 6.45) is -0.769. The van der Waals surface area contributed by atoms with Crippen molar-refractivity contribution in [2.45, 2.75) is 28.5 Å². The summed E-state index contributed by atoms with van der Waals surface area (Å²) in [7, 11) is -8.84. The van der Waals surface area contributed by atoms with E-state index in [4.69, 9.17) is 10.5 Å². The minimum atomic E-state index is -4.61. The molecule has 9 nitrogen and oxygen atoms in total. The van der Waals surface area contributed by atoms with E-state index in [1.165, 1.54) is 31.2 Å². The second kappa shape index (κ2) is 7.55. The summed E-state index contributed by atoms with van der Waals surface area (Å²) >= 11 is 0. The van der Waals surface area contributed by atoms with E-state index in [-0.39, 0.29) is 33.3 Å². The number of carbonyl (C=O) groups is 1. The van der Waals surface area contributed by atoms with E-state index in [1.807, 2.05) is 0 Å². The maximum absolute atomic E-state index is 12.9. The van der Waals surface area contributed by atoms with Gasteiger partial charge in [-0.3, -0.25) is 9.87 Å². The van der Waals surface area contributed by atoms with Gasteiger partial charge in [0.15, 0.2) is 0 Å². The van der Waals surface area contributed by atoms with Gasteiger partial charge in [-0.05, 0) is 49.7 Å². The molecule has 146 valence electrons. The number of benzene rings is 2. The molecule has 11 heteroatoms. The summed E-state index contributed by atoms with van der Waals surface area (Å²) in [4.78, 5) is 10.3. The highest BCUT2D eigenvalue weighted by Crippen LogP contribution is 2.30. The molecule has 0 aliphatic rings. The van der Waals surface area contributed by atoms with Crippen molar-refractivity contribution in [1.29, 1.82) is 0 Å². The fourth-order valence-electron chi connectivity index (χ4n) is 2.28. The van der Waals surface area contributed by atoms with Crippen LogP contribution in [-0.2, 0) is 24.7 Å². The third-order valence-corrected chi connectivity index (χ3v) is 6.38. The SMILES string of the molecule is CCOC(=O)Nc1ccc(N)c(S(=O)(=O)c2ccc(C)c(S(=O)(=O)O)c2)c1. The van der Waals surface area contributed by atoms with Crippen LogP contribution in [0.4, 0.5) is 16.2 Å². The van der Waals surface area contributed by atoms with Gasteiger partial charge in [-0.1, -0.05) is 6.07 Å². The number of nitrogens with two attached hydrogens (primary N) is 1. The molecule has 1 amide bonds. The third-order valence-electron chi connectivity index (χ3n) is 3.57. The first kappa shape index (κ1) is 20.7. The van der Waals surface area contributed by atoms with Crippen LogP contribution in [0.5, 0.6) is 0 Å². The van der Waals surface area contributed by atoms with Gasteiger partial charge in [-0.25, -0.2) is 13.2 Å². The number of nitrogens with one attached hydrogen (secondary N) is 1. The lowest BCUT2D eigenvalue weighted by Gasteiger charge is -2.12. The zero-order valence-electron chi connectivity index (χ0n) is 14.5. The van der Waals surface area contributed by atoms with Gasteiger partial charge in [0.25, 0.3) is 10.1 Å². The van der Waals surface area contributed by atoms with Crippen LogP contribution < -0.4 is 11.1 Å². The number of aryl methyl sites for hydroxylation is 1. The summed E-state index contributed by atoms with van der Waals surface area (Å²) in [6, 6.07) is 7.12. The number of anilines is 2. The minimum absolute atomic E-state index is 0.0987. The number of rotatable bonds is 5. The van der Waals surface area contributed by atoms with Gasteiger partial charge in [0.1, 0.15) is 0 Å². The molecule has 0 aliphatic heterocycles. The van der Waals surface area contributed by atoms with Crippen molar-refractivity contribution < 1.29 is 30.9 Å². The lowest BCUT2D eigenvalue weighted by molar-refractivity contribution is 0.168. The highest BCUT2D eigenvalue weighted by atomic mass is 32.2. The Kier molecular flexibility index (Phi) is 5.78. The molecule has 0 heterocycles. The van der Waals surface area contributed by atoms with Crippen LogP contribution in [0, 0.1) is 6.92 Å². The maximum atomic E-state index is 12.9. The zero-order chi connectivity index (χ0) is 20.4. The Balaban J connectivity index is 2.55. The smallest absolute Gasteiger partial charge is 0.411 e. The van der Waals surface area contributed by atoms with Crippen molar-refractivity contribution in [1.82, 2.24) is 0 Å². The van der Waals surface area contributed by atoms with Crippen molar-refractivity contribution in [2.75, 3.05) is 17.7 Å². The van der Waals surface area contributed by atoms with Gasteiger partial charge in [0.05, 0.1) is 27.0 Å². The fourth-order valence-corrected chi connectivity index (χ4v) is 4.54. The Hall–Kier alpha value is -2.63. The first-order chi connectivity index (χ1) is 12.5. The number of amides is 1. The average molecular weight is 414 g/mol. The summed E-state index contributed by atoms with van der Waals surface area (Å²) in [6.45, 7) is 3.16. The molecule has 4 N–H and O–H groups in total. The van der Waals surface area contributed by atoms with Crippen molar-refractivity contribution in [3.8, 4) is 0 Å². The standard InChI is InChI=1S/C16H18N2O7S2/c1-3-25-16(19)18-11-5-7-13(17)15(8-11)26(20,21)12-6-4-10(2)14(9-12)27(22,23)24/h4-9H,3,17H2,1-2H3,(H,18,19)(H,22,23,24). The van der Waals surface area contributed by atoms with Crippen LogP contribution in [0.15, 0.2) is 51.1 Å². The van der Waals surface area contributed by atoms with Crippen LogP contribution in [0.1, 0.15) is 12.5 Å². The maximum Gasteiger partial charge on any atom is 0.411 e. The van der Waals surface area contributed by atoms with E-state index < -0.39 is 30.9 Å². The van der Waals surface area contributed by atoms with Crippen LogP contribution in [0.3, 0.4) is 0 Å². The second-order valence-corrected chi connectivity index (χ2v) is 8.81. The second-order valence-electron chi connectivity index (χ2n) is 5.50. The van der Waals surface area contributed by atoms with Crippen LogP contribution in [-0.4, -0.2) is 34.1 Å². The predicted molar refractivity (Wildman–Crippen MR) is 97.9 cm³/mol. The Labute approximate surface area is 156 Å². The molecule has 2 aromatic carbocycles. The molecular weight excluding hydrogens is 396 g/mol. The molecule has 0 bridgehead atoms. The molecule has 0 spiro atoms. The quantitative estimate of drug-likeness (QED) is 0.497. The molecule has 0 saturated carbocycles. The number of hydrogen-bond donors (Lipinski definition) is 3. The lowest BCUT2D eigenvalue weighted by atomic mass is 10.2. The highest BCUT2D eigenvalue weighted by molar-refractivity contribution is 7.91. The molecular formula is C16H18N2O7S2. The monoisotopic (exact) mass is 414 g/mol. The molecule has 0 saturated heterocycles. The summed E-state index contributed by atoms with van der Waals surface area (Å²) < 4.78 is 62.7. The molecule has 2 aromatic rings. The largest absolute Gasteiger partial charge is 0.450 e. The summed E-state index contributed by atoms with van der Waals surface area (Å²) in [5, 5.41) is 2.36. The Morgan fingerprint density at radius 2 is 1.78 bits per heavy atom. The van der Waals surface area contributed by atoms with Crippen LogP contribution in [0.2, 0.25) is 0 Å². The summed E-state index contributed by atoms with van der Waals surface area (Å²) in [5.74, 6) is 0. The molecule has 0 aliphatic carbocycles. The van der Waals surface area contributed by atoms with Gasteiger partial charge in [-0.2, -0.15) is 8.42 Å². The topological polar surface area (TPSA) is 153 Å². The minimum Gasteiger partial charge on any atom is -0.450 e. The van der Waals surface area contributed by atoms with E-state index in [9.17, 15) is 26.2 Å². The van der Waals surface area contributed by atoms with Gasteiger partial charge in [0, 0.05) is 5.69 Å². The van der Waals surface area contributed by atoms with Gasteiger partial charge in [-0.15, -0.1) is 0 Å². The lowest BCUT2D eigenvalue weighted by Crippen LogP contribution is -2.14. The normalized spacial score (nSPS) is 11.8. The molecule has 0 unspecified atom stereocenters. The molecule has 0 atom stereocenters. The van der Waals surface area contributed by atoms with Crippen molar-refractivity contribution in [2.24, 2.45) is 0 Å². The van der Waals surface area contributed by atoms with E-state index in [2.05, 4.69) is 5.32 Å². The Morgan fingerprint density at radius 1 is 1.11 bits per heavy atom. The molecule has 27 heavy (non-hydrogen) atoms. The van der Waals surface area contributed by atoms with Crippen molar-refractivity contribution >= 4 is 37.4 Å². The Bertz CT molecular complexity index is 1090. The van der Waals surface area contributed by atoms with E-state index >= 15 is 0 Å². The Morgan fingerprint density at radius 3 is 2.37 bits per heavy atom. The van der Waals surface area contributed by atoms with Gasteiger partial charge >= 0.3 is 6.09 Å². The first-order valence-electron chi connectivity index (χ1n) is 7.63. The number of carbonyl (C=O) groups excluding carboxylic acids is 1. The first-order valence-corrected chi connectivity index (χ1v) is 10.6. The number of ether oxygens (including phenoxy) is 1. The van der Waals surface area contributed by atoms with E-state index in [0.717, 1.165) is 12.1 Å². The summed E-state index contributed by atoms with van der Waals surface area (Å²) in [5.41, 5.74) is 5.98. The molecule has 0 aromatic heterocycles. The van der Waals surface area contributed by atoms with Crippen molar-refractivity contribution in [3.05, 3.63) is 42.0 Å². The van der Waals surface area contributed by atoms with Gasteiger partial charge in [0.2, 0.25) is 9.84 Å². The molecule has 0 fully saturated rings. The highest BCUT2D eigenvalue weighted by Gasteiger charge is 2.24. The van der Waals surface area contributed by atoms with Crippen LogP contribution in [0.25, 0.3) is 0 Å². The number of sulfone groups is 1. The molecule has 0 radical (unpaired) electrons. The predicted octanol–water partition coefficient (Wildman–Crippen LogP) is 2.23. The van der Waals surface area contributed by atoms with Crippen LogP contribution >= 0.6 is 0 Å². The fraction of sp³-hybridized carbons (Fsp3) is 0.188. The average Bonchev–Trinajstić information content (AvgIpc) is 2.55. The number of hydrogen-bond acceptors (Lipinski definition) is 7. The zero-order valence-corrected chi connectivity index (χ0v) is 16.1. The number of nitrogen functional groups attached to an aromatic ring is 1. The molecule has 2 rings (SSSR count). The van der Waals surface area contributed by atoms with E-state index in [0.29, 0.717) is 0 Å². The third kappa shape index (κ3) is 4.56. The van der Waals surface area contributed by atoms with E-state index in [1.54, 1.807) is 6.92 Å². The van der Waals surface area contributed by atoms with Gasteiger partial charge < -0.3 is 10.5 Å². The van der Waals surface area contributed by atoms with Crippen molar-refractivity contribution in [3.63, 3.8) is 0 Å².